The zero-order valence-corrected chi connectivity index (χ0v) is 11.9. The molecule has 1 atom stereocenters. The van der Waals surface area contributed by atoms with Crippen LogP contribution in [0.25, 0.3) is 0 Å². The van der Waals surface area contributed by atoms with Crippen LogP contribution in [-0.2, 0) is 11.3 Å². The van der Waals surface area contributed by atoms with Crippen LogP contribution in [0.2, 0.25) is 5.02 Å². The van der Waals surface area contributed by atoms with Crippen molar-refractivity contribution < 1.29 is 17.9 Å². The molecule has 0 spiro atoms. The van der Waals surface area contributed by atoms with Gasteiger partial charge in [-0.1, -0.05) is 11.6 Å². The van der Waals surface area contributed by atoms with Crippen molar-refractivity contribution in [3.05, 3.63) is 52.9 Å². The molecule has 0 aliphatic carbocycles. The van der Waals surface area contributed by atoms with E-state index in [4.69, 9.17) is 16.2 Å². The Kier molecular flexibility index (Phi) is 4.84. The monoisotopic (exact) mass is 329 g/mol. The molecule has 1 amide bonds. The number of halogens is 2. The quantitative estimate of drug-likeness (QED) is 0.752. The third-order valence-electron chi connectivity index (χ3n) is 2.39. The minimum Gasteiger partial charge on any atom is -0.322 e. The van der Waals surface area contributed by atoms with Crippen molar-refractivity contribution in [2.75, 3.05) is 10.0 Å². The van der Waals surface area contributed by atoms with Crippen LogP contribution in [0.5, 0.6) is 0 Å². The number of benzene rings is 1. The van der Waals surface area contributed by atoms with Crippen molar-refractivity contribution in [1.29, 1.82) is 0 Å². The van der Waals surface area contributed by atoms with Gasteiger partial charge in [0.25, 0.3) is 17.2 Å². The van der Waals surface area contributed by atoms with Crippen LogP contribution in [0.4, 0.5) is 15.9 Å². The van der Waals surface area contributed by atoms with Crippen molar-refractivity contribution >= 4 is 40.3 Å². The van der Waals surface area contributed by atoms with Crippen molar-refractivity contribution in [3.8, 4) is 0 Å². The molecule has 0 aliphatic heterocycles. The predicted octanol–water partition coefficient (Wildman–Crippen LogP) is 2.67. The Hall–Kier alpha value is -2.03. The highest BCUT2D eigenvalue weighted by atomic mass is 35.5. The molecule has 1 aromatic heterocycles. The van der Waals surface area contributed by atoms with Gasteiger partial charge in [-0.05, 0) is 30.3 Å². The van der Waals surface area contributed by atoms with E-state index in [1.807, 2.05) is 0 Å². The lowest BCUT2D eigenvalue weighted by molar-refractivity contribution is 0.102. The van der Waals surface area contributed by atoms with E-state index >= 15 is 0 Å². The second kappa shape index (κ2) is 6.61. The lowest BCUT2D eigenvalue weighted by atomic mass is 10.2. The number of nitrogens with zero attached hydrogens (tertiary/aromatic N) is 1. The second-order valence-electron chi connectivity index (χ2n) is 3.86. The normalized spacial score (nSPS) is 11.8. The Labute approximate surface area is 126 Å². The van der Waals surface area contributed by atoms with Gasteiger partial charge in [-0.25, -0.2) is 13.6 Å². The smallest absolute Gasteiger partial charge is 0.260 e. The highest BCUT2D eigenvalue weighted by Gasteiger charge is 2.09. The SMILES string of the molecule is O=C(Nc1ccc(F)c(Cl)c1)c1ccnc(NS(=O)O)c1. The predicted molar refractivity (Wildman–Crippen MR) is 78.0 cm³/mol. The third kappa shape index (κ3) is 4.22. The van der Waals surface area contributed by atoms with E-state index in [1.54, 1.807) is 0 Å². The summed E-state index contributed by atoms with van der Waals surface area (Å²) in [6, 6.07) is 6.49. The number of rotatable bonds is 4. The molecule has 2 rings (SSSR count). The number of nitrogens with one attached hydrogen (secondary N) is 2. The fraction of sp³-hybridized carbons (Fsp3) is 0. The Bertz CT molecular complexity index is 714. The minimum atomic E-state index is -2.29. The summed E-state index contributed by atoms with van der Waals surface area (Å²) in [5.74, 6) is -1.01. The first-order chi connectivity index (χ1) is 9.95. The van der Waals surface area contributed by atoms with E-state index in [0.717, 1.165) is 6.07 Å². The lowest BCUT2D eigenvalue weighted by Gasteiger charge is -2.07. The van der Waals surface area contributed by atoms with Crippen molar-refractivity contribution in [2.45, 2.75) is 0 Å². The second-order valence-corrected chi connectivity index (χ2v) is 4.97. The molecule has 0 bridgehead atoms. The molecule has 0 saturated heterocycles. The fourth-order valence-electron chi connectivity index (χ4n) is 1.49. The van der Waals surface area contributed by atoms with Gasteiger partial charge >= 0.3 is 0 Å². The van der Waals surface area contributed by atoms with Gasteiger partial charge < -0.3 is 5.32 Å². The maximum atomic E-state index is 13.0. The summed E-state index contributed by atoms with van der Waals surface area (Å²) in [5, 5.41) is 2.41. The summed E-state index contributed by atoms with van der Waals surface area (Å²) in [5.41, 5.74) is 0.529. The maximum Gasteiger partial charge on any atom is 0.260 e. The Morgan fingerprint density at radius 2 is 2.10 bits per heavy atom. The van der Waals surface area contributed by atoms with Crippen LogP contribution < -0.4 is 10.0 Å². The van der Waals surface area contributed by atoms with Crippen LogP contribution in [0.15, 0.2) is 36.5 Å². The number of carbonyl (C=O) groups excluding carboxylic acids is 1. The van der Waals surface area contributed by atoms with Crippen molar-refractivity contribution in [2.24, 2.45) is 0 Å². The zero-order chi connectivity index (χ0) is 15.4. The van der Waals surface area contributed by atoms with Gasteiger partial charge in [0, 0.05) is 17.4 Å². The highest BCUT2D eigenvalue weighted by molar-refractivity contribution is 7.80. The van der Waals surface area contributed by atoms with Gasteiger partial charge in [-0.15, -0.1) is 0 Å². The van der Waals surface area contributed by atoms with Crippen molar-refractivity contribution in [1.82, 2.24) is 4.98 Å². The number of anilines is 2. The van der Waals surface area contributed by atoms with Crippen LogP contribution in [0, 0.1) is 5.82 Å². The fourth-order valence-corrected chi connectivity index (χ4v) is 1.97. The Balaban J connectivity index is 2.16. The highest BCUT2D eigenvalue weighted by Crippen LogP contribution is 2.20. The summed E-state index contributed by atoms with van der Waals surface area (Å²) in [6.07, 6.45) is 1.31. The Morgan fingerprint density at radius 1 is 1.33 bits per heavy atom. The largest absolute Gasteiger partial charge is 0.322 e. The van der Waals surface area contributed by atoms with E-state index in [1.165, 1.54) is 30.5 Å². The third-order valence-corrected chi connectivity index (χ3v) is 3.06. The molecule has 0 radical (unpaired) electrons. The van der Waals surface area contributed by atoms with Gasteiger partial charge in [0.05, 0.1) is 5.02 Å². The molecular formula is C12H9ClFN3O3S. The molecule has 1 aromatic carbocycles. The first-order valence-corrected chi connectivity index (χ1v) is 7.04. The molecule has 0 saturated carbocycles. The standard InChI is InChI=1S/C12H9ClFN3O3S/c13-9-6-8(1-2-10(9)14)16-12(18)7-3-4-15-11(5-7)17-21(19)20/h1-6H,(H,15,17)(H,16,18)(H,19,20). The van der Waals surface area contributed by atoms with Crippen molar-refractivity contribution in [3.63, 3.8) is 0 Å². The average Bonchev–Trinajstić information content (AvgIpc) is 2.42. The lowest BCUT2D eigenvalue weighted by Crippen LogP contribution is -2.13. The van der Waals surface area contributed by atoms with E-state index in [2.05, 4.69) is 15.0 Å². The van der Waals surface area contributed by atoms with E-state index in [9.17, 15) is 13.4 Å². The topological polar surface area (TPSA) is 91.3 Å². The number of carbonyl (C=O) groups is 1. The molecule has 3 N–H and O–H groups in total. The van der Waals surface area contributed by atoms with Gasteiger partial charge in [0.1, 0.15) is 11.6 Å². The maximum absolute atomic E-state index is 13.0. The summed E-state index contributed by atoms with van der Waals surface area (Å²) in [6.45, 7) is 0. The number of hydrogen-bond acceptors (Lipinski definition) is 3. The van der Waals surface area contributed by atoms with Gasteiger partial charge in [0.15, 0.2) is 0 Å². The summed E-state index contributed by atoms with van der Waals surface area (Å²) >= 11 is 3.33. The molecule has 1 heterocycles. The van der Waals surface area contributed by atoms with Crippen LogP contribution in [-0.4, -0.2) is 19.7 Å². The summed E-state index contributed by atoms with van der Waals surface area (Å²) in [4.78, 5) is 15.8. The van der Waals surface area contributed by atoms with Gasteiger partial charge in [-0.2, -0.15) is 0 Å². The number of pyridine rings is 1. The molecular weight excluding hydrogens is 321 g/mol. The van der Waals surface area contributed by atoms with Crippen LogP contribution in [0.3, 0.4) is 0 Å². The number of hydrogen-bond donors (Lipinski definition) is 3. The molecule has 1 unspecified atom stereocenters. The molecule has 0 fully saturated rings. The Morgan fingerprint density at radius 3 is 2.76 bits per heavy atom. The molecule has 21 heavy (non-hydrogen) atoms. The average molecular weight is 330 g/mol. The molecule has 9 heteroatoms. The molecule has 0 aliphatic rings. The van der Waals surface area contributed by atoms with Crippen LogP contribution >= 0.6 is 11.6 Å². The summed E-state index contributed by atoms with van der Waals surface area (Å²) < 4.78 is 34.5. The van der Waals surface area contributed by atoms with Gasteiger partial charge in [-0.3, -0.25) is 14.1 Å². The van der Waals surface area contributed by atoms with E-state index in [-0.39, 0.29) is 16.4 Å². The number of aromatic nitrogens is 1. The molecule has 110 valence electrons. The number of amides is 1. The molecule has 2 aromatic rings. The van der Waals surface area contributed by atoms with E-state index in [0.29, 0.717) is 5.69 Å². The zero-order valence-electron chi connectivity index (χ0n) is 10.3. The summed E-state index contributed by atoms with van der Waals surface area (Å²) in [7, 11) is 0. The minimum absolute atomic E-state index is 0.0700. The molecule has 6 nitrogen and oxygen atoms in total. The van der Waals surface area contributed by atoms with Crippen LogP contribution in [0.1, 0.15) is 10.4 Å². The van der Waals surface area contributed by atoms with E-state index < -0.39 is 23.0 Å². The first-order valence-electron chi connectivity index (χ1n) is 5.55. The first kappa shape index (κ1) is 15.4. The van der Waals surface area contributed by atoms with Gasteiger partial charge in [0.2, 0.25) is 0 Å².